The predicted octanol–water partition coefficient (Wildman–Crippen LogP) is 1.28. The van der Waals surface area contributed by atoms with Crippen LogP contribution in [0.4, 0.5) is 0 Å². The number of nitrogens with zero attached hydrogens (tertiary/aromatic N) is 2. The molecule has 0 unspecified atom stereocenters. The Balaban J connectivity index is 1.56. The van der Waals surface area contributed by atoms with Gasteiger partial charge in [-0.15, -0.1) is 0 Å². The minimum absolute atomic E-state index is 0.0993. The Morgan fingerprint density at radius 1 is 1.30 bits per heavy atom. The van der Waals surface area contributed by atoms with E-state index in [0.717, 1.165) is 15.9 Å². The number of hydrogen-bond donors (Lipinski definition) is 2. The van der Waals surface area contributed by atoms with Crippen LogP contribution in [0.2, 0.25) is 0 Å². The lowest BCUT2D eigenvalue weighted by Gasteiger charge is -2.15. The van der Waals surface area contributed by atoms with Crippen molar-refractivity contribution in [2.75, 3.05) is 6.54 Å². The minimum atomic E-state index is -0.278. The number of carbonyl (C=O) groups excluding carboxylic acids is 3. The number of fused-ring (bicyclic) bond motifs is 1. The summed E-state index contributed by atoms with van der Waals surface area (Å²) in [6.07, 6.45) is 0.591. The quantitative estimate of drug-likeness (QED) is 0.813. The zero-order valence-corrected chi connectivity index (χ0v) is 12.8. The normalized spacial score (nSPS) is 16.1. The minimum Gasteiger partial charge on any atom is -0.346 e. The number of H-pyrrole nitrogens is 1. The molecule has 1 atom stereocenters. The van der Waals surface area contributed by atoms with Gasteiger partial charge in [-0.2, -0.15) is 0 Å². The SMILES string of the molecule is C[C@H](NC(=O)CCN1C(=O)CCC1=O)c1nc2ccccc2[nH]1. The molecule has 3 rings (SSSR count). The number of carbonyl (C=O) groups is 3. The molecule has 0 bridgehead atoms. The summed E-state index contributed by atoms with van der Waals surface area (Å²) in [4.78, 5) is 43.8. The lowest BCUT2D eigenvalue weighted by atomic mass is 10.3. The van der Waals surface area contributed by atoms with Crippen molar-refractivity contribution in [3.05, 3.63) is 30.1 Å². The zero-order chi connectivity index (χ0) is 16.4. The van der Waals surface area contributed by atoms with Gasteiger partial charge < -0.3 is 10.3 Å². The Bertz CT molecular complexity index is 719. The van der Waals surface area contributed by atoms with Gasteiger partial charge in [0.05, 0.1) is 17.1 Å². The van der Waals surface area contributed by atoms with E-state index in [4.69, 9.17) is 0 Å². The number of para-hydroxylation sites is 2. The van der Waals surface area contributed by atoms with E-state index in [1.54, 1.807) is 0 Å². The standard InChI is InChI=1S/C16H18N4O3/c1-10(16-18-11-4-2-3-5-12(11)19-16)17-13(21)8-9-20-14(22)6-7-15(20)23/h2-5,10H,6-9H2,1H3,(H,17,21)(H,18,19)/t10-/m0/s1. The molecule has 0 saturated carbocycles. The maximum Gasteiger partial charge on any atom is 0.229 e. The highest BCUT2D eigenvalue weighted by Crippen LogP contribution is 2.16. The van der Waals surface area contributed by atoms with Gasteiger partial charge in [-0.1, -0.05) is 12.1 Å². The van der Waals surface area contributed by atoms with Gasteiger partial charge in [0.25, 0.3) is 0 Å². The molecule has 23 heavy (non-hydrogen) atoms. The van der Waals surface area contributed by atoms with Crippen molar-refractivity contribution in [3.8, 4) is 0 Å². The third kappa shape index (κ3) is 3.23. The van der Waals surface area contributed by atoms with Crippen LogP contribution in [0.25, 0.3) is 11.0 Å². The summed E-state index contributed by atoms with van der Waals surface area (Å²) in [6, 6.07) is 7.36. The van der Waals surface area contributed by atoms with E-state index in [9.17, 15) is 14.4 Å². The fraction of sp³-hybridized carbons (Fsp3) is 0.375. The van der Waals surface area contributed by atoms with Crippen molar-refractivity contribution in [1.29, 1.82) is 0 Å². The van der Waals surface area contributed by atoms with Crippen molar-refractivity contribution in [2.24, 2.45) is 0 Å². The molecular weight excluding hydrogens is 296 g/mol. The van der Waals surface area contributed by atoms with Crippen LogP contribution in [-0.2, 0) is 14.4 Å². The van der Waals surface area contributed by atoms with E-state index in [1.807, 2.05) is 31.2 Å². The molecule has 7 heteroatoms. The van der Waals surface area contributed by atoms with Crippen molar-refractivity contribution in [3.63, 3.8) is 0 Å². The van der Waals surface area contributed by atoms with Gasteiger partial charge in [0.2, 0.25) is 17.7 Å². The van der Waals surface area contributed by atoms with E-state index in [-0.39, 0.29) is 49.6 Å². The maximum absolute atomic E-state index is 12.0. The second-order valence-corrected chi connectivity index (χ2v) is 5.62. The molecule has 0 aliphatic carbocycles. The Labute approximate surface area is 133 Å². The van der Waals surface area contributed by atoms with Crippen LogP contribution in [0.5, 0.6) is 0 Å². The van der Waals surface area contributed by atoms with Crippen LogP contribution in [-0.4, -0.2) is 39.1 Å². The van der Waals surface area contributed by atoms with Gasteiger partial charge >= 0.3 is 0 Å². The molecule has 1 aliphatic rings. The number of likely N-dealkylation sites (tertiary alicyclic amines) is 1. The highest BCUT2D eigenvalue weighted by molar-refractivity contribution is 6.02. The summed E-state index contributed by atoms with van der Waals surface area (Å²) in [5.74, 6) is 0.0552. The van der Waals surface area contributed by atoms with Crippen molar-refractivity contribution in [2.45, 2.75) is 32.2 Å². The summed E-state index contributed by atoms with van der Waals surface area (Å²) < 4.78 is 0. The van der Waals surface area contributed by atoms with Gasteiger partial charge in [-0.25, -0.2) is 4.98 Å². The molecule has 0 radical (unpaired) electrons. The number of aromatic nitrogens is 2. The number of imidazole rings is 1. The maximum atomic E-state index is 12.0. The molecule has 1 aliphatic heterocycles. The molecular formula is C16H18N4O3. The Hall–Kier alpha value is -2.70. The first-order valence-corrected chi connectivity index (χ1v) is 7.62. The van der Waals surface area contributed by atoms with E-state index in [2.05, 4.69) is 15.3 Å². The van der Waals surface area contributed by atoms with E-state index in [0.29, 0.717) is 5.82 Å². The molecule has 1 aromatic heterocycles. The number of aromatic amines is 1. The van der Waals surface area contributed by atoms with Crippen molar-refractivity contribution >= 4 is 28.8 Å². The lowest BCUT2D eigenvalue weighted by molar-refractivity contribution is -0.138. The smallest absolute Gasteiger partial charge is 0.229 e. The molecule has 1 aromatic carbocycles. The van der Waals surface area contributed by atoms with Gasteiger partial charge in [-0.3, -0.25) is 19.3 Å². The summed E-state index contributed by atoms with van der Waals surface area (Å²) in [5.41, 5.74) is 1.76. The molecule has 2 N–H and O–H groups in total. The Kier molecular flexibility index (Phi) is 4.10. The van der Waals surface area contributed by atoms with Crippen LogP contribution in [0, 0.1) is 0 Å². The van der Waals surface area contributed by atoms with Crippen LogP contribution in [0.3, 0.4) is 0 Å². The second kappa shape index (κ2) is 6.20. The van der Waals surface area contributed by atoms with Crippen LogP contribution in [0.15, 0.2) is 24.3 Å². The molecule has 120 valence electrons. The third-order valence-electron chi connectivity index (χ3n) is 3.91. The molecule has 0 spiro atoms. The summed E-state index contributed by atoms with van der Waals surface area (Å²) >= 11 is 0. The number of benzene rings is 1. The van der Waals surface area contributed by atoms with Crippen LogP contribution in [0.1, 0.15) is 38.1 Å². The number of amides is 3. The number of imide groups is 1. The Morgan fingerprint density at radius 2 is 2.00 bits per heavy atom. The highest BCUT2D eigenvalue weighted by Gasteiger charge is 2.29. The molecule has 2 aromatic rings. The van der Waals surface area contributed by atoms with Gasteiger partial charge in [-0.05, 0) is 19.1 Å². The average molecular weight is 314 g/mol. The molecule has 2 heterocycles. The topological polar surface area (TPSA) is 95.2 Å². The zero-order valence-electron chi connectivity index (χ0n) is 12.8. The molecule has 7 nitrogen and oxygen atoms in total. The number of nitrogens with one attached hydrogen (secondary N) is 2. The lowest BCUT2D eigenvalue weighted by Crippen LogP contribution is -2.35. The number of rotatable bonds is 5. The first-order valence-electron chi connectivity index (χ1n) is 7.62. The highest BCUT2D eigenvalue weighted by atomic mass is 16.2. The predicted molar refractivity (Wildman–Crippen MR) is 83.2 cm³/mol. The van der Waals surface area contributed by atoms with Crippen LogP contribution >= 0.6 is 0 Å². The van der Waals surface area contributed by atoms with Gasteiger partial charge in [0, 0.05) is 25.8 Å². The second-order valence-electron chi connectivity index (χ2n) is 5.62. The molecule has 3 amide bonds. The summed E-state index contributed by atoms with van der Waals surface area (Å²) in [6.45, 7) is 1.97. The van der Waals surface area contributed by atoms with E-state index < -0.39 is 0 Å². The van der Waals surface area contributed by atoms with Crippen molar-refractivity contribution < 1.29 is 14.4 Å². The monoisotopic (exact) mass is 314 g/mol. The third-order valence-corrected chi connectivity index (χ3v) is 3.91. The van der Waals surface area contributed by atoms with Crippen LogP contribution < -0.4 is 5.32 Å². The van der Waals surface area contributed by atoms with Gasteiger partial charge in [0.15, 0.2) is 0 Å². The fourth-order valence-corrected chi connectivity index (χ4v) is 2.65. The van der Waals surface area contributed by atoms with Crippen molar-refractivity contribution in [1.82, 2.24) is 20.2 Å². The average Bonchev–Trinajstić information content (AvgIpc) is 3.09. The summed E-state index contributed by atoms with van der Waals surface area (Å²) in [5, 5.41) is 2.83. The molecule has 1 fully saturated rings. The first-order chi connectivity index (χ1) is 11.0. The fourth-order valence-electron chi connectivity index (χ4n) is 2.65. The Morgan fingerprint density at radius 3 is 2.70 bits per heavy atom. The van der Waals surface area contributed by atoms with E-state index in [1.165, 1.54) is 0 Å². The van der Waals surface area contributed by atoms with E-state index >= 15 is 0 Å². The molecule has 1 saturated heterocycles. The summed E-state index contributed by atoms with van der Waals surface area (Å²) in [7, 11) is 0. The largest absolute Gasteiger partial charge is 0.346 e. The number of hydrogen-bond acceptors (Lipinski definition) is 4. The first kappa shape index (κ1) is 15.2. The van der Waals surface area contributed by atoms with Gasteiger partial charge in [0.1, 0.15) is 5.82 Å².